The van der Waals surface area contributed by atoms with Crippen molar-refractivity contribution in [2.45, 2.75) is 18.8 Å². The summed E-state index contributed by atoms with van der Waals surface area (Å²) in [6, 6.07) is 7.01. The average molecular weight is 267 g/mol. The molecule has 2 rings (SSSR count). The predicted octanol–water partition coefficient (Wildman–Crippen LogP) is 1.27. The quantitative estimate of drug-likeness (QED) is 0.836. The van der Waals surface area contributed by atoms with Gasteiger partial charge in [-0.3, -0.25) is 0 Å². The van der Waals surface area contributed by atoms with Crippen LogP contribution in [0.1, 0.15) is 17.5 Å². The summed E-state index contributed by atoms with van der Waals surface area (Å²) in [6.45, 7) is 1.01. The number of aliphatic hydroxyl groups excluding tert-OH is 1. The van der Waals surface area contributed by atoms with Gasteiger partial charge in [-0.1, -0.05) is 36.4 Å². The van der Waals surface area contributed by atoms with Crippen molar-refractivity contribution in [3.63, 3.8) is 0 Å². The molecule has 0 radical (unpaired) electrons. The zero-order chi connectivity index (χ0) is 13.0. The summed E-state index contributed by atoms with van der Waals surface area (Å²) in [5.74, 6) is 0.0204. The Labute approximate surface area is 108 Å². The van der Waals surface area contributed by atoms with Crippen LogP contribution in [0.2, 0.25) is 0 Å². The van der Waals surface area contributed by atoms with Crippen molar-refractivity contribution in [1.82, 2.24) is 4.31 Å². The molecule has 0 saturated carbocycles. The number of hydrogen-bond donors (Lipinski definition) is 1. The minimum Gasteiger partial charge on any atom is -0.392 e. The first-order valence-corrected chi connectivity index (χ1v) is 7.54. The van der Waals surface area contributed by atoms with Gasteiger partial charge in [-0.05, 0) is 17.5 Å². The van der Waals surface area contributed by atoms with Crippen LogP contribution in [0.15, 0.2) is 36.4 Å². The van der Waals surface area contributed by atoms with Gasteiger partial charge in [-0.2, -0.15) is 4.31 Å². The van der Waals surface area contributed by atoms with Crippen molar-refractivity contribution >= 4 is 10.0 Å². The topological polar surface area (TPSA) is 57.6 Å². The lowest BCUT2D eigenvalue weighted by Gasteiger charge is -2.22. The summed E-state index contributed by atoms with van der Waals surface area (Å²) in [5, 5.41) is 8.93. The van der Waals surface area contributed by atoms with E-state index in [0.717, 1.165) is 17.5 Å². The number of rotatable bonds is 4. The molecule has 1 aromatic carbocycles. The fraction of sp³-hybridized carbons (Fsp3) is 0.385. The van der Waals surface area contributed by atoms with E-state index >= 15 is 0 Å². The van der Waals surface area contributed by atoms with E-state index in [4.69, 9.17) is 5.11 Å². The van der Waals surface area contributed by atoms with E-state index in [1.807, 2.05) is 12.2 Å². The molecule has 0 unspecified atom stereocenters. The number of aliphatic hydroxyl groups is 1. The van der Waals surface area contributed by atoms with Gasteiger partial charge in [0.15, 0.2) is 0 Å². The van der Waals surface area contributed by atoms with Crippen LogP contribution in [0.5, 0.6) is 0 Å². The van der Waals surface area contributed by atoms with Crippen LogP contribution in [0.25, 0.3) is 0 Å². The second-order valence-electron chi connectivity index (χ2n) is 4.35. The molecule has 4 nitrogen and oxygen atoms in total. The molecule has 1 heterocycles. The van der Waals surface area contributed by atoms with E-state index in [2.05, 4.69) is 0 Å². The monoisotopic (exact) mass is 267 g/mol. The van der Waals surface area contributed by atoms with Gasteiger partial charge in [0.25, 0.3) is 0 Å². The van der Waals surface area contributed by atoms with Crippen LogP contribution in [0.3, 0.4) is 0 Å². The summed E-state index contributed by atoms with van der Waals surface area (Å²) in [5.41, 5.74) is 1.54. The fourth-order valence-electron chi connectivity index (χ4n) is 1.92. The highest BCUT2D eigenvalue weighted by atomic mass is 32.2. The van der Waals surface area contributed by atoms with Crippen molar-refractivity contribution in [2.24, 2.45) is 0 Å². The standard InChI is InChI=1S/C13H17NO3S/c15-10-12-4-6-13(7-5-12)11-18(16,17)14-8-2-1-3-9-14/h1-2,4-7,15H,3,8-11H2. The summed E-state index contributed by atoms with van der Waals surface area (Å²) in [7, 11) is -3.24. The van der Waals surface area contributed by atoms with Crippen molar-refractivity contribution in [3.8, 4) is 0 Å². The van der Waals surface area contributed by atoms with Gasteiger partial charge >= 0.3 is 0 Å². The second-order valence-corrected chi connectivity index (χ2v) is 6.32. The van der Waals surface area contributed by atoms with Gasteiger partial charge in [-0.15, -0.1) is 0 Å². The van der Waals surface area contributed by atoms with Crippen LogP contribution in [-0.4, -0.2) is 30.9 Å². The van der Waals surface area contributed by atoms with Crippen LogP contribution in [0, 0.1) is 0 Å². The van der Waals surface area contributed by atoms with Crippen LogP contribution in [0.4, 0.5) is 0 Å². The SMILES string of the molecule is O=S(=O)(Cc1ccc(CO)cc1)N1CC=CCC1. The fourth-order valence-corrected chi connectivity index (χ4v) is 3.41. The van der Waals surface area contributed by atoms with Crippen molar-refractivity contribution < 1.29 is 13.5 Å². The molecule has 0 spiro atoms. The molecular formula is C13H17NO3S. The molecule has 1 aliphatic rings. The Bertz CT molecular complexity index is 520. The molecule has 0 bridgehead atoms. The summed E-state index contributed by atoms with van der Waals surface area (Å²) < 4.78 is 25.8. The van der Waals surface area contributed by atoms with E-state index in [9.17, 15) is 8.42 Å². The van der Waals surface area contributed by atoms with E-state index in [-0.39, 0.29) is 12.4 Å². The third kappa shape index (κ3) is 3.19. The Balaban J connectivity index is 2.09. The molecule has 1 N–H and O–H groups in total. The second kappa shape index (κ2) is 5.65. The molecule has 0 aromatic heterocycles. The van der Waals surface area contributed by atoms with Gasteiger partial charge < -0.3 is 5.11 Å². The highest BCUT2D eigenvalue weighted by molar-refractivity contribution is 7.88. The van der Waals surface area contributed by atoms with Crippen molar-refractivity contribution in [2.75, 3.05) is 13.1 Å². The third-order valence-electron chi connectivity index (χ3n) is 2.97. The maximum atomic E-state index is 12.2. The minimum absolute atomic E-state index is 0.0204. The third-order valence-corrected chi connectivity index (χ3v) is 4.79. The van der Waals surface area contributed by atoms with Crippen LogP contribution in [-0.2, 0) is 22.4 Å². The van der Waals surface area contributed by atoms with Gasteiger partial charge in [0.2, 0.25) is 10.0 Å². The number of sulfonamides is 1. The molecule has 1 aromatic rings. The molecule has 18 heavy (non-hydrogen) atoms. The van der Waals surface area contributed by atoms with E-state index in [1.165, 1.54) is 4.31 Å². The lowest BCUT2D eigenvalue weighted by Crippen LogP contribution is -2.34. The van der Waals surface area contributed by atoms with E-state index < -0.39 is 10.0 Å². The molecule has 5 heteroatoms. The first-order chi connectivity index (χ1) is 8.62. The highest BCUT2D eigenvalue weighted by Crippen LogP contribution is 2.14. The number of nitrogens with zero attached hydrogens (tertiary/aromatic N) is 1. The van der Waals surface area contributed by atoms with Crippen molar-refractivity contribution in [1.29, 1.82) is 0 Å². The van der Waals surface area contributed by atoms with E-state index in [1.54, 1.807) is 24.3 Å². The number of hydrogen-bond acceptors (Lipinski definition) is 3. The number of benzene rings is 1. The Morgan fingerprint density at radius 3 is 2.33 bits per heavy atom. The molecule has 1 aliphatic heterocycles. The van der Waals surface area contributed by atoms with Crippen LogP contribution < -0.4 is 0 Å². The summed E-state index contributed by atoms with van der Waals surface area (Å²) >= 11 is 0. The lowest BCUT2D eigenvalue weighted by atomic mass is 10.2. The van der Waals surface area contributed by atoms with Gasteiger partial charge in [-0.25, -0.2) is 8.42 Å². The molecule has 0 amide bonds. The van der Waals surface area contributed by atoms with Crippen LogP contribution >= 0.6 is 0 Å². The summed E-state index contributed by atoms with van der Waals surface area (Å²) in [4.78, 5) is 0. The Hall–Kier alpha value is -1.17. The maximum absolute atomic E-state index is 12.2. The zero-order valence-corrected chi connectivity index (χ0v) is 10.9. The predicted molar refractivity (Wildman–Crippen MR) is 70.3 cm³/mol. The molecule has 98 valence electrons. The summed E-state index contributed by atoms with van der Waals surface area (Å²) in [6.07, 6.45) is 4.67. The molecular weight excluding hydrogens is 250 g/mol. The van der Waals surface area contributed by atoms with Gasteiger partial charge in [0.05, 0.1) is 12.4 Å². The maximum Gasteiger partial charge on any atom is 0.218 e. The molecule has 0 saturated heterocycles. The first-order valence-electron chi connectivity index (χ1n) is 5.93. The lowest BCUT2D eigenvalue weighted by molar-refractivity contribution is 0.282. The minimum atomic E-state index is -3.24. The van der Waals surface area contributed by atoms with E-state index in [0.29, 0.717) is 13.1 Å². The Morgan fingerprint density at radius 2 is 1.78 bits per heavy atom. The Morgan fingerprint density at radius 1 is 1.11 bits per heavy atom. The van der Waals surface area contributed by atoms with Crippen molar-refractivity contribution in [3.05, 3.63) is 47.5 Å². The average Bonchev–Trinajstić information content (AvgIpc) is 2.40. The first kappa shape index (κ1) is 13.3. The highest BCUT2D eigenvalue weighted by Gasteiger charge is 2.22. The molecule has 0 fully saturated rings. The Kier molecular flexibility index (Phi) is 4.16. The molecule has 0 atom stereocenters. The zero-order valence-electron chi connectivity index (χ0n) is 10.1. The van der Waals surface area contributed by atoms with Gasteiger partial charge in [0, 0.05) is 13.1 Å². The van der Waals surface area contributed by atoms with Gasteiger partial charge in [0.1, 0.15) is 0 Å². The smallest absolute Gasteiger partial charge is 0.218 e. The normalized spacial score (nSPS) is 16.9. The molecule has 0 aliphatic carbocycles. The largest absolute Gasteiger partial charge is 0.392 e.